The van der Waals surface area contributed by atoms with Gasteiger partial charge >= 0.3 is 0 Å². The van der Waals surface area contributed by atoms with Crippen molar-refractivity contribution < 1.29 is 9.59 Å². The van der Waals surface area contributed by atoms with Crippen LogP contribution in [-0.2, 0) is 0 Å². The van der Waals surface area contributed by atoms with Crippen LogP contribution in [-0.4, -0.2) is 41.3 Å². The third kappa shape index (κ3) is 3.79. The predicted octanol–water partition coefficient (Wildman–Crippen LogP) is 1.85. The Labute approximate surface area is 119 Å². The maximum atomic E-state index is 12.2. The molecule has 20 heavy (non-hydrogen) atoms. The molecule has 1 aromatic heterocycles. The summed E-state index contributed by atoms with van der Waals surface area (Å²) in [7, 11) is 1.76. The lowest BCUT2D eigenvalue weighted by atomic mass is 10.2. The molecule has 5 heteroatoms. The summed E-state index contributed by atoms with van der Waals surface area (Å²) < 4.78 is 0. The van der Waals surface area contributed by atoms with Gasteiger partial charge in [0.1, 0.15) is 11.4 Å². The normalized spacial score (nSPS) is 13.9. The summed E-state index contributed by atoms with van der Waals surface area (Å²) in [5, 5.41) is 2.87. The van der Waals surface area contributed by atoms with Gasteiger partial charge in [0.05, 0.1) is 0 Å². The number of amides is 2. The average Bonchev–Trinajstić information content (AvgIpc) is 3.28. The molecule has 0 spiro atoms. The number of pyridine rings is 1. The number of carbonyl (C=O) groups excluding carboxylic acids is 2. The molecule has 1 heterocycles. The van der Waals surface area contributed by atoms with Gasteiger partial charge in [0.25, 0.3) is 11.8 Å². The van der Waals surface area contributed by atoms with Gasteiger partial charge in [0.2, 0.25) is 0 Å². The van der Waals surface area contributed by atoms with E-state index in [0.29, 0.717) is 17.9 Å². The average molecular weight is 275 g/mol. The van der Waals surface area contributed by atoms with Crippen LogP contribution in [0, 0.1) is 0 Å². The van der Waals surface area contributed by atoms with Crippen molar-refractivity contribution in [2.75, 3.05) is 13.6 Å². The molecule has 0 atom stereocenters. The monoisotopic (exact) mass is 275 g/mol. The topological polar surface area (TPSA) is 62.3 Å². The highest BCUT2D eigenvalue weighted by molar-refractivity contribution is 5.96. The third-order valence-corrected chi connectivity index (χ3v) is 3.31. The molecule has 0 unspecified atom stereocenters. The fourth-order valence-corrected chi connectivity index (χ4v) is 1.86. The molecular formula is C15H21N3O2. The van der Waals surface area contributed by atoms with Gasteiger partial charge in [-0.15, -0.1) is 0 Å². The molecule has 108 valence electrons. The Balaban J connectivity index is 2.04. The van der Waals surface area contributed by atoms with Crippen molar-refractivity contribution in [2.24, 2.45) is 0 Å². The summed E-state index contributed by atoms with van der Waals surface area (Å²) in [5.74, 6) is -0.335. The Hall–Kier alpha value is -1.91. The molecule has 0 radical (unpaired) electrons. The summed E-state index contributed by atoms with van der Waals surface area (Å²) >= 11 is 0. The molecule has 1 saturated carbocycles. The van der Waals surface area contributed by atoms with Crippen molar-refractivity contribution in [2.45, 2.75) is 38.6 Å². The fourth-order valence-electron chi connectivity index (χ4n) is 1.86. The van der Waals surface area contributed by atoms with Gasteiger partial charge in [0.15, 0.2) is 0 Å². The number of carbonyl (C=O) groups is 2. The summed E-state index contributed by atoms with van der Waals surface area (Å²) in [6, 6.07) is 5.28. The zero-order valence-electron chi connectivity index (χ0n) is 12.1. The van der Waals surface area contributed by atoms with Crippen molar-refractivity contribution in [1.82, 2.24) is 15.2 Å². The van der Waals surface area contributed by atoms with Gasteiger partial charge in [-0.2, -0.15) is 0 Å². The van der Waals surface area contributed by atoms with E-state index in [1.807, 2.05) is 0 Å². The number of aromatic nitrogens is 1. The quantitative estimate of drug-likeness (QED) is 0.861. The van der Waals surface area contributed by atoms with E-state index in [2.05, 4.69) is 17.2 Å². The standard InChI is InChI=1S/C15H21N3O2/c1-3-4-10-18(2)15(20)13-7-5-6-12(17-13)14(19)16-11-8-9-11/h5-7,11H,3-4,8-10H2,1-2H3,(H,16,19). The first-order chi connectivity index (χ1) is 9.61. The minimum atomic E-state index is -0.196. The van der Waals surface area contributed by atoms with E-state index < -0.39 is 0 Å². The number of nitrogens with zero attached hydrogens (tertiary/aromatic N) is 2. The van der Waals surface area contributed by atoms with Crippen LogP contribution in [0.1, 0.15) is 53.6 Å². The molecule has 1 aliphatic carbocycles. The molecule has 0 saturated heterocycles. The van der Waals surface area contributed by atoms with Crippen LogP contribution in [0.25, 0.3) is 0 Å². The summed E-state index contributed by atoms with van der Waals surface area (Å²) in [5.41, 5.74) is 0.638. The van der Waals surface area contributed by atoms with Gasteiger partial charge in [-0.05, 0) is 31.4 Å². The first-order valence-electron chi connectivity index (χ1n) is 7.15. The van der Waals surface area contributed by atoms with Gasteiger partial charge in [-0.25, -0.2) is 4.98 Å². The van der Waals surface area contributed by atoms with E-state index in [1.165, 1.54) is 0 Å². The zero-order valence-corrected chi connectivity index (χ0v) is 12.1. The lowest BCUT2D eigenvalue weighted by Gasteiger charge is -2.16. The molecule has 0 aromatic carbocycles. The summed E-state index contributed by atoms with van der Waals surface area (Å²) in [6.07, 6.45) is 4.06. The van der Waals surface area contributed by atoms with Crippen molar-refractivity contribution >= 4 is 11.8 Å². The smallest absolute Gasteiger partial charge is 0.272 e. The van der Waals surface area contributed by atoms with E-state index in [-0.39, 0.29) is 17.9 Å². The third-order valence-electron chi connectivity index (χ3n) is 3.31. The Morgan fingerprint density at radius 1 is 1.35 bits per heavy atom. The lowest BCUT2D eigenvalue weighted by Crippen LogP contribution is -2.30. The molecule has 1 N–H and O–H groups in total. The fraction of sp³-hybridized carbons (Fsp3) is 0.533. The van der Waals surface area contributed by atoms with E-state index in [9.17, 15) is 9.59 Å². The second kappa shape index (κ2) is 6.50. The molecule has 5 nitrogen and oxygen atoms in total. The minimum Gasteiger partial charge on any atom is -0.348 e. The van der Waals surface area contributed by atoms with Crippen LogP contribution < -0.4 is 5.32 Å². The van der Waals surface area contributed by atoms with E-state index in [1.54, 1.807) is 30.1 Å². The van der Waals surface area contributed by atoms with Gasteiger partial charge < -0.3 is 10.2 Å². The van der Waals surface area contributed by atoms with Crippen LogP contribution in [0.3, 0.4) is 0 Å². The van der Waals surface area contributed by atoms with Crippen molar-refractivity contribution in [3.8, 4) is 0 Å². The minimum absolute atomic E-state index is 0.139. The van der Waals surface area contributed by atoms with Crippen LogP contribution in [0.4, 0.5) is 0 Å². The van der Waals surface area contributed by atoms with Gasteiger partial charge in [0, 0.05) is 19.6 Å². The molecule has 1 fully saturated rings. The van der Waals surface area contributed by atoms with Crippen molar-refractivity contribution in [1.29, 1.82) is 0 Å². The van der Waals surface area contributed by atoms with E-state index in [0.717, 1.165) is 25.7 Å². The van der Waals surface area contributed by atoms with Crippen LogP contribution in [0.2, 0.25) is 0 Å². The van der Waals surface area contributed by atoms with Crippen LogP contribution in [0.5, 0.6) is 0 Å². The summed E-state index contributed by atoms with van der Waals surface area (Å²) in [4.78, 5) is 29.9. The van der Waals surface area contributed by atoms with Crippen molar-refractivity contribution in [3.63, 3.8) is 0 Å². The number of hydrogen-bond donors (Lipinski definition) is 1. The second-order valence-electron chi connectivity index (χ2n) is 5.24. The number of rotatable bonds is 6. The molecule has 0 bridgehead atoms. The number of unbranched alkanes of at least 4 members (excludes halogenated alkanes) is 1. The van der Waals surface area contributed by atoms with Crippen LogP contribution >= 0.6 is 0 Å². The maximum Gasteiger partial charge on any atom is 0.272 e. The Morgan fingerprint density at radius 3 is 2.70 bits per heavy atom. The highest BCUT2D eigenvalue weighted by Gasteiger charge is 2.24. The molecule has 2 amide bonds. The largest absolute Gasteiger partial charge is 0.348 e. The molecule has 1 aliphatic rings. The lowest BCUT2D eigenvalue weighted by molar-refractivity contribution is 0.0787. The number of hydrogen-bond acceptors (Lipinski definition) is 3. The maximum absolute atomic E-state index is 12.2. The second-order valence-corrected chi connectivity index (χ2v) is 5.24. The predicted molar refractivity (Wildman–Crippen MR) is 76.6 cm³/mol. The Bertz CT molecular complexity index is 498. The highest BCUT2D eigenvalue weighted by atomic mass is 16.2. The SMILES string of the molecule is CCCCN(C)C(=O)c1cccc(C(=O)NC2CC2)n1. The van der Waals surface area contributed by atoms with E-state index >= 15 is 0 Å². The van der Waals surface area contributed by atoms with E-state index in [4.69, 9.17) is 0 Å². The zero-order chi connectivity index (χ0) is 14.5. The first kappa shape index (κ1) is 14.5. The first-order valence-corrected chi connectivity index (χ1v) is 7.15. The molecule has 2 rings (SSSR count). The highest BCUT2D eigenvalue weighted by Crippen LogP contribution is 2.19. The van der Waals surface area contributed by atoms with Gasteiger partial charge in [-0.1, -0.05) is 19.4 Å². The Morgan fingerprint density at radius 2 is 2.05 bits per heavy atom. The molecular weight excluding hydrogens is 254 g/mol. The summed E-state index contributed by atoms with van der Waals surface area (Å²) in [6.45, 7) is 2.79. The number of nitrogens with one attached hydrogen (secondary N) is 1. The van der Waals surface area contributed by atoms with Crippen molar-refractivity contribution in [3.05, 3.63) is 29.6 Å². The van der Waals surface area contributed by atoms with Gasteiger partial charge in [-0.3, -0.25) is 9.59 Å². The Kier molecular flexibility index (Phi) is 4.71. The molecule has 0 aliphatic heterocycles. The molecule has 1 aromatic rings. The van der Waals surface area contributed by atoms with Crippen LogP contribution in [0.15, 0.2) is 18.2 Å².